The van der Waals surface area contributed by atoms with E-state index >= 15 is 0 Å². The molecule has 0 unspecified atom stereocenters. The number of hydrogen-bond donors (Lipinski definition) is 1. The van der Waals surface area contributed by atoms with E-state index in [0.29, 0.717) is 34.6 Å². The van der Waals surface area contributed by atoms with Crippen molar-refractivity contribution in [1.29, 1.82) is 0 Å². The maximum atomic E-state index is 14.3. The average Bonchev–Trinajstić information content (AvgIpc) is 3.13. The lowest BCUT2D eigenvalue weighted by Gasteiger charge is -2.51. The van der Waals surface area contributed by atoms with Crippen LogP contribution in [-0.2, 0) is 14.3 Å². The first kappa shape index (κ1) is 23.1. The van der Waals surface area contributed by atoms with Crippen molar-refractivity contribution in [3.05, 3.63) is 70.2 Å². The second-order valence-electron chi connectivity index (χ2n) is 10.6. The summed E-state index contributed by atoms with van der Waals surface area (Å²) in [6.07, 6.45) is 0.165. The summed E-state index contributed by atoms with van der Waals surface area (Å²) in [6.45, 7) is 6.17. The fraction of sp³-hybridized carbons (Fsp3) is 0.444. The minimum Gasteiger partial charge on any atom is -0.464 e. The van der Waals surface area contributed by atoms with Gasteiger partial charge in [0.15, 0.2) is 5.41 Å². The highest BCUT2D eigenvalue weighted by atomic mass is 35.5. The van der Waals surface area contributed by atoms with Gasteiger partial charge < -0.3 is 9.84 Å². The standard InChI is InChI=1S/C27H28ClNO5/c1-25(2)26(3)12-13-27(25,24(33)34-15-26)23(32)29-20(18-6-4-5-7-19(18)22(29)31)14-21(30)16-8-10-17(28)11-9-16/h4-11,20-21,30H,12-15H2,1-3H3/t20-,21-,26-,27-/m0/s1. The van der Waals surface area contributed by atoms with Gasteiger partial charge in [-0.05, 0) is 47.6 Å². The number of halogens is 1. The van der Waals surface area contributed by atoms with E-state index in [1.165, 1.54) is 4.90 Å². The van der Waals surface area contributed by atoms with Crippen LogP contribution in [0.25, 0.3) is 0 Å². The second kappa shape index (κ2) is 7.65. The molecule has 2 fully saturated rings. The first-order chi connectivity index (χ1) is 16.0. The topological polar surface area (TPSA) is 83.9 Å². The molecule has 0 radical (unpaired) electrons. The molecule has 4 atom stereocenters. The Morgan fingerprint density at radius 2 is 1.79 bits per heavy atom. The monoisotopic (exact) mass is 481 g/mol. The summed E-state index contributed by atoms with van der Waals surface area (Å²) >= 11 is 5.99. The number of imide groups is 1. The molecule has 34 heavy (non-hydrogen) atoms. The van der Waals surface area contributed by atoms with Gasteiger partial charge in [0.1, 0.15) is 0 Å². The third-order valence-electron chi connectivity index (χ3n) is 8.86. The van der Waals surface area contributed by atoms with Gasteiger partial charge >= 0.3 is 5.97 Å². The van der Waals surface area contributed by atoms with Crippen molar-refractivity contribution < 1.29 is 24.2 Å². The van der Waals surface area contributed by atoms with Gasteiger partial charge in [-0.1, -0.05) is 62.7 Å². The Balaban J connectivity index is 1.57. The molecule has 2 amide bonds. The first-order valence-electron chi connectivity index (χ1n) is 11.6. The predicted molar refractivity (Wildman–Crippen MR) is 126 cm³/mol. The summed E-state index contributed by atoms with van der Waals surface area (Å²) in [4.78, 5) is 42.3. The van der Waals surface area contributed by atoms with Crippen molar-refractivity contribution in [2.45, 2.75) is 52.2 Å². The summed E-state index contributed by atoms with van der Waals surface area (Å²) in [7, 11) is 0. The number of rotatable bonds is 4. The molecule has 1 saturated carbocycles. The van der Waals surface area contributed by atoms with Gasteiger partial charge in [-0.25, -0.2) is 0 Å². The fourth-order valence-electron chi connectivity index (χ4n) is 6.12. The van der Waals surface area contributed by atoms with Gasteiger partial charge in [0.25, 0.3) is 5.91 Å². The number of ether oxygens (including phenoxy) is 1. The van der Waals surface area contributed by atoms with Crippen LogP contribution in [0.5, 0.6) is 0 Å². The van der Waals surface area contributed by atoms with Gasteiger partial charge in [-0.15, -0.1) is 0 Å². The van der Waals surface area contributed by atoms with E-state index in [4.69, 9.17) is 16.3 Å². The lowest BCUT2D eigenvalue weighted by molar-refractivity contribution is -0.192. The molecular weight excluding hydrogens is 454 g/mol. The van der Waals surface area contributed by atoms with E-state index in [1.54, 1.807) is 42.5 Å². The average molecular weight is 482 g/mol. The van der Waals surface area contributed by atoms with Crippen LogP contribution in [0.3, 0.4) is 0 Å². The van der Waals surface area contributed by atoms with Crippen molar-refractivity contribution >= 4 is 29.4 Å². The Labute approximate surface area is 203 Å². The van der Waals surface area contributed by atoms with Gasteiger partial charge in [-0.2, -0.15) is 0 Å². The van der Waals surface area contributed by atoms with Crippen molar-refractivity contribution in [3.63, 3.8) is 0 Å². The number of aliphatic hydroxyl groups is 1. The van der Waals surface area contributed by atoms with Gasteiger partial charge in [-0.3, -0.25) is 19.3 Å². The number of hydrogen-bond acceptors (Lipinski definition) is 5. The smallest absolute Gasteiger partial charge is 0.322 e. The minimum absolute atomic E-state index is 0.110. The molecule has 2 heterocycles. The Hall–Kier alpha value is -2.70. The van der Waals surface area contributed by atoms with E-state index < -0.39 is 40.8 Å². The Kier molecular flexibility index (Phi) is 5.19. The number of cyclic esters (lactones) is 1. The largest absolute Gasteiger partial charge is 0.464 e. The normalized spacial score (nSPS) is 30.1. The highest BCUT2D eigenvalue weighted by molar-refractivity contribution is 6.30. The molecule has 178 valence electrons. The summed E-state index contributed by atoms with van der Waals surface area (Å²) in [5.41, 5.74) is -0.763. The molecule has 2 aromatic carbocycles. The molecule has 2 bridgehead atoms. The van der Waals surface area contributed by atoms with Gasteiger partial charge in [0.05, 0.1) is 18.8 Å². The number of esters is 1. The third-order valence-corrected chi connectivity index (χ3v) is 9.12. The van der Waals surface area contributed by atoms with Crippen LogP contribution in [-0.4, -0.2) is 34.4 Å². The second-order valence-corrected chi connectivity index (χ2v) is 11.0. The van der Waals surface area contributed by atoms with Crippen LogP contribution in [0.15, 0.2) is 48.5 Å². The van der Waals surface area contributed by atoms with Gasteiger partial charge in [0.2, 0.25) is 5.91 Å². The summed E-state index contributed by atoms with van der Waals surface area (Å²) in [5, 5.41) is 11.6. The van der Waals surface area contributed by atoms with E-state index in [-0.39, 0.29) is 18.4 Å². The van der Waals surface area contributed by atoms with Crippen LogP contribution >= 0.6 is 11.6 Å². The molecule has 6 nitrogen and oxygen atoms in total. The molecule has 0 aromatic heterocycles. The first-order valence-corrected chi connectivity index (χ1v) is 12.0. The molecule has 3 aliphatic rings. The summed E-state index contributed by atoms with van der Waals surface area (Å²) in [6, 6.07) is 13.2. The third kappa shape index (κ3) is 2.94. The molecule has 2 aliphatic heterocycles. The number of aliphatic hydroxyl groups excluding tert-OH is 1. The molecule has 1 aliphatic carbocycles. The van der Waals surface area contributed by atoms with Gasteiger partial charge in [0, 0.05) is 22.4 Å². The molecule has 5 rings (SSSR count). The number of nitrogens with zero attached hydrogens (tertiary/aromatic N) is 1. The number of benzene rings is 2. The number of fused-ring (bicyclic) bond motifs is 3. The maximum Gasteiger partial charge on any atom is 0.322 e. The van der Waals surface area contributed by atoms with E-state index in [9.17, 15) is 19.5 Å². The van der Waals surface area contributed by atoms with Crippen molar-refractivity contribution in [2.75, 3.05) is 6.61 Å². The van der Waals surface area contributed by atoms with Crippen molar-refractivity contribution in [1.82, 2.24) is 4.90 Å². The lowest BCUT2D eigenvalue weighted by atomic mass is 9.57. The minimum atomic E-state index is -1.44. The van der Waals surface area contributed by atoms with E-state index in [1.807, 2.05) is 26.8 Å². The molecule has 7 heteroatoms. The predicted octanol–water partition coefficient (Wildman–Crippen LogP) is 4.86. The van der Waals surface area contributed by atoms with Crippen LogP contribution < -0.4 is 0 Å². The molecule has 1 N–H and O–H groups in total. The molecular formula is C27H28ClNO5. The Morgan fingerprint density at radius 3 is 2.50 bits per heavy atom. The zero-order valence-corrected chi connectivity index (χ0v) is 20.3. The van der Waals surface area contributed by atoms with Crippen LogP contribution in [0.4, 0.5) is 0 Å². The fourth-order valence-corrected chi connectivity index (χ4v) is 6.25. The van der Waals surface area contributed by atoms with E-state index in [2.05, 4.69) is 0 Å². The van der Waals surface area contributed by atoms with Crippen molar-refractivity contribution in [3.8, 4) is 0 Å². The van der Waals surface area contributed by atoms with Crippen LogP contribution in [0, 0.1) is 16.2 Å². The Bertz CT molecular complexity index is 1190. The zero-order chi connectivity index (χ0) is 24.5. The SMILES string of the molecule is CC1(C)[C@@]2(C)CC[C@]1(C(=O)N1C(=O)c3ccccc3[C@@H]1C[C@H](O)c1ccc(Cl)cc1)C(=O)OC2. The zero-order valence-electron chi connectivity index (χ0n) is 19.5. The van der Waals surface area contributed by atoms with Crippen LogP contribution in [0.2, 0.25) is 5.02 Å². The van der Waals surface area contributed by atoms with Crippen molar-refractivity contribution in [2.24, 2.45) is 16.2 Å². The molecule has 0 spiro atoms. The highest BCUT2D eigenvalue weighted by Gasteiger charge is 2.73. The summed E-state index contributed by atoms with van der Waals surface area (Å²) < 4.78 is 5.54. The summed E-state index contributed by atoms with van der Waals surface area (Å²) in [5.74, 6) is -1.52. The highest BCUT2D eigenvalue weighted by Crippen LogP contribution is 2.67. The number of carbonyl (C=O) groups excluding carboxylic acids is 3. The lowest BCUT2D eigenvalue weighted by Crippen LogP contribution is -2.61. The number of carbonyl (C=O) groups is 3. The number of amides is 2. The quantitative estimate of drug-likeness (QED) is 0.383. The van der Waals surface area contributed by atoms with E-state index in [0.717, 1.165) is 0 Å². The Morgan fingerprint density at radius 1 is 1.12 bits per heavy atom. The van der Waals surface area contributed by atoms with Crippen LogP contribution in [0.1, 0.15) is 73.7 Å². The molecule has 1 saturated heterocycles. The maximum absolute atomic E-state index is 14.3. The molecule has 2 aromatic rings.